The van der Waals surface area contributed by atoms with Crippen molar-refractivity contribution in [2.24, 2.45) is 10.7 Å². The van der Waals surface area contributed by atoms with Crippen molar-refractivity contribution in [3.63, 3.8) is 0 Å². The largest absolute Gasteiger partial charge is 0.333 e. The van der Waals surface area contributed by atoms with Gasteiger partial charge >= 0.3 is 0 Å². The highest BCUT2D eigenvalue weighted by atomic mass is 19.1. The van der Waals surface area contributed by atoms with Crippen LogP contribution in [0.3, 0.4) is 0 Å². The van der Waals surface area contributed by atoms with Gasteiger partial charge in [0.15, 0.2) is 0 Å². The molecule has 2 rings (SSSR count). The second-order valence-corrected chi connectivity index (χ2v) is 5.82. The summed E-state index contributed by atoms with van der Waals surface area (Å²) in [6, 6.07) is 6.12. The van der Waals surface area contributed by atoms with Gasteiger partial charge in [0.05, 0.1) is 0 Å². The fourth-order valence-corrected chi connectivity index (χ4v) is 2.25. The number of guanidine groups is 1. The van der Waals surface area contributed by atoms with Crippen LogP contribution in [0.5, 0.6) is 0 Å². The molecule has 0 spiro atoms. The van der Waals surface area contributed by atoms with Crippen molar-refractivity contribution < 1.29 is 4.39 Å². The van der Waals surface area contributed by atoms with Crippen LogP contribution in [0.25, 0.3) is 0 Å². The summed E-state index contributed by atoms with van der Waals surface area (Å²) in [7, 11) is 4.12. The highest BCUT2D eigenvalue weighted by molar-refractivity contribution is 5.95. The van der Waals surface area contributed by atoms with Gasteiger partial charge < -0.3 is 21.3 Å². The van der Waals surface area contributed by atoms with E-state index in [0.717, 1.165) is 31.5 Å². The maximum atomic E-state index is 12.9. The van der Waals surface area contributed by atoms with Gasteiger partial charge in [0.25, 0.3) is 0 Å². The molecule has 4 N–H and O–H groups in total. The number of nitrogens with two attached hydrogens (primary N) is 1. The van der Waals surface area contributed by atoms with Gasteiger partial charge in [-0.2, -0.15) is 0 Å². The molecule has 0 saturated heterocycles. The van der Waals surface area contributed by atoms with Crippen LogP contribution in [0.2, 0.25) is 0 Å². The molecule has 0 aromatic heterocycles. The van der Waals surface area contributed by atoms with Crippen molar-refractivity contribution in [1.29, 1.82) is 0 Å². The lowest BCUT2D eigenvalue weighted by atomic mass is 10.0. The summed E-state index contributed by atoms with van der Waals surface area (Å²) in [5.41, 5.74) is 6.38. The van der Waals surface area contributed by atoms with Gasteiger partial charge in [-0.25, -0.2) is 9.38 Å². The molecule has 1 atom stereocenters. The van der Waals surface area contributed by atoms with Crippen LogP contribution in [0.4, 0.5) is 10.1 Å². The Balaban J connectivity index is 1.92. The van der Waals surface area contributed by atoms with E-state index in [2.05, 4.69) is 34.6 Å². The summed E-state index contributed by atoms with van der Waals surface area (Å²) in [6.45, 7) is 1.04. The molecular formula is C16H24FN5. The fourth-order valence-electron chi connectivity index (χ4n) is 2.25. The first-order chi connectivity index (χ1) is 10.5. The van der Waals surface area contributed by atoms with E-state index < -0.39 is 5.66 Å². The maximum absolute atomic E-state index is 12.9. The minimum atomic E-state index is -0.695. The van der Waals surface area contributed by atoms with Crippen molar-refractivity contribution in [3.8, 4) is 0 Å². The zero-order chi connectivity index (χ0) is 16.0. The summed E-state index contributed by atoms with van der Waals surface area (Å²) in [4.78, 5) is 6.69. The number of rotatable bonds is 6. The van der Waals surface area contributed by atoms with E-state index in [-0.39, 0.29) is 5.82 Å². The first-order valence-corrected chi connectivity index (χ1v) is 7.47. The lowest BCUT2D eigenvalue weighted by Gasteiger charge is -2.27. The highest BCUT2D eigenvalue weighted by Crippen LogP contribution is 2.18. The standard InChI is InChI=1S/C16H24FN5/c1-22(2)12-4-3-9-16(18)10-11-19-15(21-16)20-14-7-5-13(17)6-8-14/h5-8,10-11H,3-4,9,12,18H2,1-2H3,(H2,19,20,21). The third-order valence-corrected chi connectivity index (χ3v) is 3.45. The smallest absolute Gasteiger partial charge is 0.202 e. The van der Waals surface area contributed by atoms with E-state index in [1.54, 1.807) is 18.3 Å². The molecule has 1 aromatic carbocycles. The molecule has 0 fully saturated rings. The Morgan fingerprint density at radius 2 is 2.00 bits per heavy atom. The summed E-state index contributed by atoms with van der Waals surface area (Å²) >= 11 is 0. The molecule has 0 bridgehead atoms. The number of aliphatic imine (C=N–C) groups is 1. The van der Waals surface area contributed by atoms with Crippen LogP contribution < -0.4 is 16.4 Å². The Labute approximate surface area is 131 Å². The summed E-state index contributed by atoms with van der Waals surface area (Å²) in [6.07, 6.45) is 6.55. The number of unbranched alkanes of at least 4 members (excludes halogenated alkanes) is 1. The number of anilines is 1. The van der Waals surface area contributed by atoms with Gasteiger partial charge in [0, 0.05) is 11.9 Å². The molecule has 120 valence electrons. The number of halogens is 1. The van der Waals surface area contributed by atoms with Crippen molar-refractivity contribution in [1.82, 2.24) is 10.2 Å². The topological polar surface area (TPSA) is 65.7 Å². The van der Waals surface area contributed by atoms with E-state index in [1.165, 1.54) is 12.1 Å². The third kappa shape index (κ3) is 5.13. The Morgan fingerprint density at radius 3 is 2.68 bits per heavy atom. The molecular weight excluding hydrogens is 281 g/mol. The minimum absolute atomic E-state index is 0.266. The van der Waals surface area contributed by atoms with E-state index in [4.69, 9.17) is 5.73 Å². The second-order valence-electron chi connectivity index (χ2n) is 5.82. The Hall–Kier alpha value is -1.92. The third-order valence-electron chi connectivity index (χ3n) is 3.45. The monoisotopic (exact) mass is 305 g/mol. The summed E-state index contributed by atoms with van der Waals surface area (Å²) < 4.78 is 12.9. The first kappa shape index (κ1) is 16.5. The van der Waals surface area contributed by atoms with E-state index in [9.17, 15) is 4.39 Å². The predicted molar refractivity (Wildman–Crippen MR) is 89.1 cm³/mol. The number of hydrogen-bond donors (Lipinski definition) is 3. The summed E-state index contributed by atoms with van der Waals surface area (Å²) in [5.74, 6) is 0.308. The van der Waals surface area contributed by atoms with Gasteiger partial charge in [0.2, 0.25) is 5.96 Å². The van der Waals surface area contributed by atoms with E-state index in [0.29, 0.717) is 5.96 Å². The Kier molecular flexibility index (Phi) is 5.51. The van der Waals surface area contributed by atoms with Gasteiger partial charge in [-0.05, 0) is 70.2 Å². The molecule has 0 radical (unpaired) electrons. The minimum Gasteiger partial charge on any atom is -0.333 e. The van der Waals surface area contributed by atoms with Gasteiger partial charge in [-0.15, -0.1) is 0 Å². The normalized spacial score (nSPS) is 20.7. The predicted octanol–water partition coefficient (Wildman–Crippen LogP) is 2.10. The molecule has 1 aromatic rings. The van der Waals surface area contributed by atoms with Crippen molar-refractivity contribution >= 4 is 11.6 Å². The van der Waals surface area contributed by atoms with Crippen LogP contribution >= 0.6 is 0 Å². The number of nitrogens with zero attached hydrogens (tertiary/aromatic N) is 2. The van der Waals surface area contributed by atoms with Gasteiger partial charge in [-0.1, -0.05) is 0 Å². The SMILES string of the molecule is CN(C)CCCCC1(N)C=CNC(Nc2ccc(F)cc2)=N1. The molecule has 1 aliphatic rings. The highest BCUT2D eigenvalue weighted by Gasteiger charge is 2.23. The molecule has 1 aliphatic heterocycles. The maximum Gasteiger partial charge on any atom is 0.202 e. The lowest BCUT2D eigenvalue weighted by Crippen LogP contribution is -2.44. The number of benzene rings is 1. The number of nitrogens with one attached hydrogen (secondary N) is 2. The van der Waals surface area contributed by atoms with Crippen LogP contribution in [0.15, 0.2) is 41.5 Å². The van der Waals surface area contributed by atoms with Crippen LogP contribution in [0, 0.1) is 5.82 Å². The average molecular weight is 305 g/mol. The van der Waals surface area contributed by atoms with Crippen LogP contribution in [0.1, 0.15) is 19.3 Å². The molecule has 0 amide bonds. The quantitative estimate of drug-likeness (QED) is 0.704. The first-order valence-electron chi connectivity index (χ1n) is 7.47. The molecule has 5 nitrogen and oxygen atoms in total. The summed E-state index contributed by atoms with van der Waals surface area (Å²) in [5, 5.41) is 6.13. The van der Waals surface area contributed by atoms with Gasteiger partial charge in [0.1, 0.15) is 11.5 Å². The molecule has 0 aliphatic carbocycles. The van der Waals surface area contributed by atoms with Crippen molar-refractivity contribution in [2.45, 2.75) is 24.9 Å². The Morgan fingerprint density at radius 1 is 1.27 bits per heavy atom. The second kappa shape index (κ2) is 7.38. The zero-order valence-electron chi connectivity index (χ0n) is 13.1. The molecule has 0 saturated carbocycles. The average Bonchev–Trinajstić information content (AvgIpc) is 2.46. The van der Waals surface area contributed by atoms with Crippen LogP contribution in [-0.2, 0) is 0 Å². The van der Waals surface area contributed by atoms with E-state index in [1.807, 2.05) is 6.08 Å². The van der Waals surface area contributed by atoms with Gasteiger partial charge in [-0.3, -0.25) is 0 Å². The van der Waals surface area contributed by atoms with Crippen molar-refractivity contribution in [2.75, 3.05) is 26.0 Å². The Bertz CT molecular complexity index is 538. The fraction of sp³-hybridized carbons (Fsp3) is 0.438. The lowest BCUT2D eigenvalue weighted by molar-refractivity contribution is 0.376. The number of hydrogen-bond acceptors (Lipinski definition) is 5. The molecule has 1 heterocycles. The van der Waals surface area contributed by atoms with E-state index >= 15 is 0 Å². The molecule has 22 heavy (non-hydrogen) atoms. The van der Waals surface area contributed by atoms with Crippen molar-refractivity contribution in [3.05, 3.63) is 42.4 Å². The van der Waals surface area contributed by atoms with Crippen LogP contribution in [-0.4, -0.2) is 37.2 Å². The zero-order valence-corrected chi connectivity index (χ0v) is 13.1. The molecule has 6 heteroatoms. The molecule has 1 unspecified atom stereocenters.